The molecule has 0 heterocycles. The summed E-state index contributed by atoms with van der Waals surface area (Å²) in [6, 6.07) is 36.2. The van der Waals surface area contributed by atoms with Crippen molar-refractivity contribution in [1.82, 2.24) is 16.0 Å². The Balaban J connectivity index is 1.43. The number of nitrogens with one attached hydrogen (secondary N) is 3. The Hall–Kier alpha value is -5.61. The number of ether oxygens (including phenoxy) is 1. The molecule has 4 aromatic rings. The van der Waals surface area contributed by atoms with E-state index in [4.69, 9.17) is 9.84 Å². The van der Waals surface area contributed by atoms with Gasteiger partial charge in [-0.2, -0.15) is 0 Å². The summed E-state index contributed by atoms with van der Waals surface area (Å²) in [6.07, 6.45) is 5.29. The van der Waals surface area contributed by atoms with Crippen molar-refractivity contribution in [2.75, 3.05) is 13.2 Å². The van der Waals surface area contributed by atoms with Crippen molar-refractivity contribution in [3.63, 3.8) is 0 Å². The van der Waals surface area contributed by atoms with Gasteiger partial charge >= 0.3 is 5.97 Å². The number of carbonyl (C=O) groups excluding carboxylic acids is 4. The highest BCUT2D eigenvalue weighted by Crippen LogP contribution is 2.42. The molecule has 1 aliphatic carbocycles. The van der Waals surface area contributed by atoms with Crippen molar-refractivity contribution in [1.29, 1.82) is 0 Å². The topological polar surface area (TPSA) is 151 Å². The second-order valence-electron chi connectivity index (χ2n) is 13.5. The van der Waals surface area contributed by atoms with Crippen LogP contribution in [0.1, 0.15) is 67.2 Å². The van der Waals surface area contributed by atoms with Gasteiger partial charge in [0.05, 0.1) is 18.6 Å². The third-order valence-electron chi connectivity index (χ3n) is 9.82. The Morgan fingerprint density at radius 1 is 0.679 bits per heavy atom. The van der Waals surface area contributed by atoms with E-state index >= 15 is 0 Å². The second-order valence-corrected chi connectivity index (χ2v) is 13.5. The first-order valence-corrected chi connectivity index (χ1v) is 18.2. The zero-order valence-electron chi connectivity index (χ0n) is 29.7. The van der Waals surface area contributed by atoms with Gasteiger partial charge in [0.15, 0.2) is 0 Å². The van der Waals surface area contributed by atoms with Gasteiger partial charge in [0.2, 0.25) is 17.6 Å². The molecule has 1 unspecified atom stereocenters. The van der Waals surface area contributed by atoms with Crippen LogP contribution < -0.4 is 16.0 Å². The normalized spacial score (nSPS) is 14.3. The lowest BCUT2D eigenvalue weighted by atomic mass is 9.67. The molecule has 2 atom stereocenters. The van der Waals surface area contributed by atoms with E-state index in [0.29, 0.717) is 6.42 Å². The van der Waals surface area contributed by atoms with E-state index in [-0.39, 0.29) is 31.5 Å². The van der Waals surface area contributed by atoms with Crippen LogP contribution in [0.5, 0.6) is 0 Å². The van der Waals surface area contributed by atoms with E-state index in [1.165, 1.54) is 0 Å². The molecule has 1 saturated carbocycles. The first kappa shape index (κ1) is 38.6. The van der Waals surface area contributed by atoms with Crippen LogP contribution in [0.2, 0.25) is 0 Å². The molecule has 10 nitrogen and oxygen atoms in total. The molecule has 53 heavy (non-hydrogen) atoms. The number of carboxylic acids is 1. The first-order valence-electron chi connectivity index (χ1n) is 18.2. The van der Waals surface area contributed by atoms with Gasteiger partial charge in [0.1, 0.15) is 18.6 Å². The van der Waals surface area contributed by atoms with Crippen molar-refractivity contribution in [2.45, 2.75) is 69.1 Å². The Morgan fingerprint density at radius 3 is 1.70 bits per heavy atom. The molecule has 0 radical (unpaired) electrons. The standard InChI is InChI=1S/C43H47N3O7/c47-38(27-43(33-20-10-3-11-21-33,34-22-12-4-13-23-34)35-24-14-5-15-25-35)45-36(26-31-16-6-1-7-17-31)41(51)46-37(40(50)42(52)44-28-39(48)49)30-53-29-32-18-8-2-9-19-32/h2-5,8-15,18-25,31,36-37H,1,6-7,16-17,26-30H2,(H,44,52)(H,45,47)(H,46,51)(H,48,49)/t36-,37?/m1/s1. The van der Waals surface area contributed by atoms with Crippen LogP contribution in [0.4, 0.5) is 0 Å². The fourth-order valence-corrected chi connectivity index (χ4v) is 7.17. The van der Waals surface area contributed by atoms with Crippen LogP contribution in [-0.4, -0.2) is 59.8 Å². The minimum atomic E-state index is -1.43. The molecule has 0 spiro atoms. The van der Waals surface area contributed by atoms with Gasteiger partial charge < -0.3 is 25.8 Å². The van der Waals surface area contributed by atoms with Gasteiger partial charge in [-0.25, -0.2) is 0 Å². The highest BCUT2D eigenvalue weighted by atomic mass is 16.5. The minimum Gasteiger partial charge on any atom is -0.480 e. The number of hydrogen-bond acceptors (Lipinski definition) is 6. The Labute approximate surface area is 310 Å². The average Bonchev–Trinajstić information content (AvgIpc) is 3.20. The summed E-state index contributed by atoms with van der Waals surface area (Å²) in [5, 5.41) is 16.9. The number of benzene rings is 4. The van der Waals surface area contributed by atoms with E-state index in [1.54, 1.807) is 0 Å². The van der Waals surface area contributed by atoms with E-state index in [9.17, 15) is 24.0 Å². The maximum atomic E-state index is 14.4. The van der Waals surface area contributed by atoms with Gasteiger partial charge in [-0.1, -0.05) is 153 Å². The smallest absolute Gasteiger partial charge is 0.322 e. The molecule has 1 fully saturated rings. The highest BCUT2D eigenvalue weighted by Gasteiger charge is 2.40. The van der Waals surface area contributed by atoms with Crippen molar-refractivity contribution in [3.8, 4) is 0 Å². The summed E-state index contributed by atoms with van der Waals surface area (Å²) in [4.78, 5) is 65.8. The quantitative estimate of drug-likeness (QED) is 0.0802. The number of Topliss-reactive ketones (excluding diaryl/α,β-unsaturated/α-hetero) is 1. The van der Waals surface area contributed by atoms with Gasteiger partial charge in [-0.05, 0) is 34.6 Å². The van der Waals surface area contributed by atoms with E-state index in [2.05, 4.69) is 16.0 Å². The van der Waals surface area contributed by atoms with E-state index < -0.39 is 47.6 Å². The number of hydrogen-bond donors (Lipinski definition) is 4. The fraction of sp³-hybridized carbons (Fsp3) is 0.326. The molecule has 0 bridgehead atoms. The average molecular weight is 718 g/mol. The Morgan fingerprint density at radius 2 is 1.19 bits per heavy atom. The lowest BCUT2D eigenvalue weighted by Crippen LogP contribution is -2.56. The number of amides is 3. The summed E-state index contributed by atoms with van der Waals surface area (Å²) in [5.41, 5.74) is 2.66. The van der Waals surface area contributed by atoms with Gasteiger partial charge in [-0.3, -0.25) is 24.0 Å². The van der Waals surface area contributed by atoms with Crippen LogP contribution in [0.25, 0.3) is 0 Å². The Bertz CT molecular complexity index is 1700. The molecule has 0 saturated heterocycles. The monoisotopic (exact) mass is 717 g/mol. The lowest BCUT2D eigenvalue weighted by molar-refractivity contribution is -0.143. The Kier molecular flexibility index (Phi) is 14.1. The molecule has 4 aromatic carbocycles. The summed E-state index contributed by atoms with van der Waals surface area (Å²) < 4.78 is 5.78. The van der Waals surface area contributed by atoms with Crippen LogP contribution >= 0.6 is 0 Å². The van der Waals surface area contributed by atoms with Crippen molar-refractivity contribution in [2.24, 2.45) is 5.92 Å². The molecular weight excluding hydrogens is 670 g/mol. The van der Waals surface area contributed by atoms with E-state index in [1.807, 2.05) is 121 Å². The number of carboxylic acid groups (broad SMARTS) is 1. The number of ketones is 1. The molecule has 1 aliphatic rings. The van der Waals surface area contributed by atoms with E-state index in [0.717, 1.165) is 54.4 Å². The second kappa shape index (κ2) is 19.3. The first-order chi connectivity index (χ1) is 25.8. The SMILES string of the molecule is O=C(O)CNC(=O)C(=O)C(COCc1ccccc1)NC(=O)[C@@H](CC1CCCCC1)NC(=O)CC(c1ccccc1)(c1ccccc1)c1ccccc1. The van der Waals surface area contributed by atoms with Gasteiger partial charge in [0.25, 0.3) is 5.91 Å². The predicted molar refractivity (Wildman–Crippen MR) is 201 cm³/mol. The number of aliphatic carboxylic acids is 1. The maximum Gasteiger partial charge on any atom is 0.322 e. The third kappa shape index (κ3) is 10.7. The van der Waals surface area contributed by atoms with Crippen LogP contribution in [0.3, 0.4) is 0 Å². The van der Waals surface area contributed by atoms with Crippen molar-refractivity contribution in [3.05, 3.63) is 144 Å². The molecule has 10 heteroatoms. The zero-order valence-corrected chi connectivity index (χ0v) is 29.7. The van der Waals surface area contributed by atoms with Crippen LogP contribution in [0.15, 0.2) is 121 Å². The minimum absolute atomic E-state index is 0.0143. The summed E-state index contributed by atoms with van der Waals surface area (Å²) in [7, 11) is 0. The summed E-state index contributed by atoms with van der Waals surface area (Å²) in [5.74, 6) is -4.34. The number of carbonyl (C=O) groups is 5. The van der Waals surface area contributed by atoms with Gasteiger partial charge in [-0.15, -0.1) is 0 Å². The van der Waals surface area contributed by atoms with Crippen LogP contribution in [-0.2, 0) is 40.7 Å². The molecular formula is C43H47N3O7. The maximum absolute atomic E-state index is 14.4. The molecule has 4 N–H and O–H groups in total. The van der Waals surface area contributed by atoms with Crippen molar-refractivity contribution < 1.29 is 33.8 Å². The predicted octanol–water partition coefficient (Wildman–Crippen LogP) is 5.34. The molecule has 276 valence electrons. The summed E-state index contributed by atoms with van der Waals surface area (Å²) >= 11 is 0. The van der Waals surface area contributed by atoms with Crippen LogP contribution in [0, 0.1) is 5.92 Å². The number of rotatable bonds is 18. The molecule has 0 aromatic heterocycles. The lowest BCUT2D eigenvalue weighted by Gasteiger charge is -2.36. The molecule has 0 aliphatic heterocycles. The molecule has 5 rings (SSSR count). The zero-order chi connectivity index (χ0) is 37.5. The highest BCUT2D eigenvalue weighted by molar-refractivity contribution is 6.38. The largest absolute Gasteiger partial charge is 0.480 e. The third-order valence-corrected chi connectivity index (χ3v) is 9.82. The summed E-state index contributed by atoms with van der Waals surface area (Å²) in [6.45, 7) is -0.994. The van der Waals surface area contributed by atoms with Crippen molar-refractivity contribution >= 4 is 29.5 Å². The van der Waals surface area contributed by atoms with Gasteiger partial charge in [0, 0.05) is 6.42 Å². The fourth-order valence-electron chi connectivity index (χ4n) is 7.17. The molecule has 3 amide bonds.